The van der Waals surface area contributed by atoms with Crippen molar-refractivity contribution < 1.29 is 14.3 Å². The summed E-state index contributed by atoms with van der Waals surface area (Å²) in [5.74, 6) is 1.50. The molecule has 0 heterocycles. The number of methoxy groups -OCH3 is 1. The average Bonchev–Trinajstić information content (AvgIpc) is 2.81. The van der Waals surface area contributed by atoms with Gasteiger partial charge < -0.3 is 4.74 Å². The molecule has 5 aliphatic carbocycles. The summed E-state index contributed by atoms with van der Waals surface area (Å²) >= 11 is 0. The summed E-state index contributed by atoms with van der Waals surface area (Å²) in [6.45, 7) is 11.7. The summed E-state index contributed by atoms with van der Waals surface area (Å²) in [7, 11) is 1.55. The summed E-state index contributed by atoms with van der Waals surface area (Å²) in [6.07, 6.45) is 12.7. The van der Waals surface area contributed by atoms with Crippen molar-refractivity contribution >= 4 is 11.8 Å². The molecule has 0 spiro atoms. The predicted molar refractivity (Wildman–Crippen MR) is 131 cm³/mol. The first-order valence-electron chi connectivity index (χ1n) is 13.4. The molecule has 0 aromatic carbocycles. The van der Waals surface area contributed by atoms with Gasteiger partial charge >= 0.3 is 5.97 Å². The lowest BCUT2D eigenvalue weighted by molar-refractivity contribution is -0.172. The Bertz CT molecular complexity index is 1030. The molecule has 0 saturated heterocycles. The Morgan fingerprint density at radius 2 is 1.85 bits per heavy atom. The lowest BCUT2D eigenvalue weighted by atomic mass is 9.35. The molecular weight excluding hydrogens is 422 g/mol. The summed E-state index contributed by atoms with van der Waals surface area (Å²) < 4.78 is 5.43. The van der Waals surface area contributed by atoms with E-state index in [9.17, 15) is 14.9 Å². The molecule has 0 radical (unpaired) electrons. The third-order valence-corrected chi connectivity index (χ3v) is 12.0. The van der Waals surface area contributed by atoms with E-state index in [0.717, 1.165) is 51.4 Å². The highest BCUT2D eigenvalue weighted by Gasteiger charge is 2.67. The van der Waals surface area contributed by atoms with E-state index in [0.29, 0.717) is 23.3 Å². The van der Waals surface area contributed by atoms with Gasteiger partial charge in [0, 0.05) is 5.92 Å². The number of esters is 1. The van der Waals surface area contributed by atoms with Crippen LogP contribution in [0.4, 0.5) is 0 Å². The smallest absolute Gasteiger partial charge is 0.312 e. The largest absolute Gasteiger partial charge is 0.469 e. The maximum absolute atomic E-state index is 13.2. The molecule has 9 unspecified atom stereocenters. The van der Waals surface area contributed by atoms with E-state index < -0.39 is 0 Å². The van der Waals surface area contributed by atoms with Crippen molar-refractivity contribution in [1.82, 2.24) is 0 Å². The van der Waals surface area contributed by atoms with Crippen molar-refractivity contribution in [3.05, 3.63) is 23.3 Å². The Morgan fingerprint density at radius 1 is 1.12 bits per heavy atom. The topological polar surface area (TPSA) is 67.2 Å². The Hall–Kier alpha value is -1.89. The van der Waals surface area contributed by atoms with Gasteiger partial charge in [-0.15, -0.1) is 0 Å². The first-order valence-corrected chi connectivity index (χ1v) is 13.4. The van der Waals surface area contributed by atoms with E-state index in [-0.39, 0.29) is 45.2 Å². The summed E-state index contributed by atoms with van der Waals surface area (Å²) in [6, 6.07) is 2.23. The van der Waals surface area contributed by atoms with E-state index in [1.165, 1.54) is 5.57 Å². The maximum Gasteiger partial charge on any atom is 0.312 e. The van der Waals surface area contributed by atoms with Gasteiger partial charge in [0.1, 0.15) is 6.07 Å². The number of allylic oxidation sites excluding steroid dienone is 4. The van der Waals surface area contributed by atoms with Crippen LogP contribution >= 0.6 is 0 Å². The highest BCUT2D eigenvalue weighted by molar-refractivity contribution is 6.01. The lowest BCUT2D eigenvalue weighted by Gasteiger charge is -2.68. The van der Waals surface area contributed by atoms with Crippen molar-refractivity contribution in [2.75, 3.05) is 7.11 Å². The molecular formula is C30H41NO3. The van der Waals surface area contributed by atoms with Gasteiger partial charge in [-0.05, 0) is 91.3 Å². The Morgan fingerprint density at radius 3 is 2.53 bits per heavy atom. The van der Waals surface area contributed by atoms with Gasteiger partial charge in [-0.1, -0.05) is 52.3 Å². The number of hydrogen-bond acceptors (Lipinski definition) is 4. The molecule has 9 atom stereocenters. The van der Waals surface area contributed by atoms with Crippen LogP contribution in [-0.2, 0) is 14.3 Å². The second kappa shape index (κ2) is 7.55. The number of ether oxygens (including phenoxy) is 1. The molecule has 0 aromatic heterocycles. The zero-order chi connectivity index (χ0) is 24.7. The summed E-state index contributed by atoms with van der Waals surface area (Å²) in [4.78, 5) is 26.1. The lowest BCUT2D eigenvalue weighted by Crippen LogP contribution is -2.62. The van der Waals surface area contributed by atoms with Crippen LogP contribution in [0.5, 0.6) is 0 Å². The number of Topliss-reactive ketones (excluding diaryl/α,β-unsaturated/α-hetero) is 1. The Kier molecular flexibility index (Phi) is 5.29. The monoisotopic (exact) mass is 463 g/mol. The highest BCUT2D eigenvalue weighted by Crippen LogP contribution is 2.74. The van der Waals surface area contributed by atoms with Gasteiger partial charge in [0.2, 0.25) is 0 Å². The number of carbonyl (C=O) groups excluding carboxylic acids is 2. The van der Waals surface area contributed by atoms with E-state index in [1.807, 2.05) is 6.92 Å². The fourth-order valence-electron chi connectivity index (χ4n) is 9.88. The van der Waals surface area contributed by atoms with Crippen LogP contribution in [0.2, 0.25) is 0 Å². The van der Waals surface area contributed by atoms with Gasteiger partial charge in [-0.3, -0.25) is 9.59 Å². The Balaban J connectivity index is 1.63. The molecule has 3 fully saturated rings. The Labute approximate surface area is 205 Å². The van der Waals surface area contributed by atoms with Crippen LogP contribution in [0, 0.1) is 62.6 Å². The second-order valence-electron chi connectivity index (χ2n) is 13.1. The SMILES string of the molecule is COC(=O)C12CCC(C)CC1C1=CCC3C4(C)C=C(C#N)C(=O)C(C)C4CCC3(C)C1(C)CC2. The molecule has 184 valence electrons. The molecule has 5 aliphatic rings. The zero-order valence-electron chi connectivity index (χ0n) is 21.9. The van der Waals surface area contributed by atoms with Crippen molar-refractivity contribution in [1.29, 1.82) is 5.26 Å². The van der Waals surface area contributed by atoms with Crippen molar-refractivity contribution in [2.45, 2.75) is 86.0 Å². The van der Waals surface area contributed by atoms with Gasteiger partial charge in [-0.2, -0.15) is 5.26 Å². The van der Waals surface area contributed by atoms with Gasteiger partial charge in [0.25, 0.3) is 0 Å². The minimum Gasteiger partial charge on any atom is -0.469 e. The number of carbonyl (C=O) groups is 2. The van der Waals surface area contributed by atoms with Crippen LogP contribution in [0.25, 0.3) is 0 Å². The molecule has 4 heteroatoms. The van der Waals surface area contributed by atoms with E-state index in [4.69, 9.17) is 4.74 Å². The van der Waals surface area contributed by atoms with E-state index in [1.54, 1.807) is 7.11 Å². The molecule has 0 bridgehead atoms. The normalized spacial score (nSPS) is 49.8. The van der Waals surface area contributed by atoms with Crippen LogP contribution in [0.3, 0.4) is 0 Å². The van der Waals surface area contributed by atoms with Gasteiger partial charge in [0.05, 0.1) is 18.1 Å². The number of ketones is 1. The number of nitrogens with zero attached hydrogens (tertiary/aromatic N) is 1. The number of fused-ring (bicyclic) bond motifs is 7. The van der Waals surface area contributed by atoms with Crippen LogP contribution in [0.1, 0.15) is 86.0 Å². The standard InChI is InChI=1S/C30H41NO3/c1-18-9-12-30(26(33)34-6)14-13-28(4)22(23(30)15-18)7-8-24-27(3)16-20(17-31)25(32)19(2)21(27)10-11-29(24,28)5/h7,16,18-19,21,23-24H,8-15H2,1-6H3. The van der Waals surface area contributed by atoms with Crippen LogP contribution < -0.4 is 0 Å². The van der Waals surface area contributed by atoms with Crippen molar-refractivity contribution in [3.8, 4) is 6.07 Å². The highest BCUT2D eigenvalue weighted by atomic mass is 16.5. The van der Waals surface area contributed by atoms with Crippen molar-refractivity contribution in [2.24, 2.45) is 51.2 Å². The van der Waals surface area contributed by atoms with Crippen LogP contribution in [0.15, 0.2) is 23.3 Å². The van der Waals surface area contributed by atoms with E-state index in [2.05, 4.69) is 45.9 Å². The van der Waals surface area contributed by atoms with Crippen LogP contribution in [-0.4, -0.2) is 18.9 Å². The third-order valence-electron chi connectivity index (χ3n) is 12.0. The number of hydrogen-bond donors (Lipinski definition) is 0. The molecule has 34 heavy (non-hydrogen) atoms. The molecule has 0 aromatic rings. The molecule has 3 saturated carbocycles. The minimum absolute atomic E-state index is 0.00323. The van der Waals surface area contributed by atoms with Gasteiger partial charge in [-0.25, -0.2) is 0 Å². The molecule has 5 rings (SSSR count). The fourth-order valence-corrected chi connectivity index (χ4v) is 9.88. The first-order chi connectivity index (χ1) is 16.0. The van der Waals surface area contributed by atoms with Gasteiger partial charge in [0.15, 0.2) is 5.78 Å². The summed E-state index contributed by atoms with van der Waals surface area (Å²) in [5.41, 5.74) is 1.45. The second-order valence-corrected chi connectivity index (χ2v) is 13.1. The van der Waals surface area contributed by atoms with E-state index >= 15 is 0 Å². The predicted octanol–water partition coefficient (Wildman–Crippen LogP) is 6.42. The number of nitriles is 1. The molecule has 0 N–H and O–H groups in total. The molecule has 4 nitrogen and oxygen atoms in total. The zero-order valence-corrected chi connectivity index (χ0v) is 21.9. The summed E-state index contributed by atoms with van der Waals surface area (Å²) in [5, 5.41) is 9.75. The minimum atomic E-state index is -0.365. The maximum atomic E-state index is 13.2. The molecule has 0 aliphatic heterocycles. The van der Waals surface area contributed by atoms with Crippen molar-refractivity contribution in [3.63, 3.8) is 0 Å². The third kappa shape index (κ3) is 2.76. The first kappa shape index (κ1) is 23.8. The quantitative estimate of drug-likeness (QED) is 0.332. The average molecular weight is 464 g/mol. The number of rotatable bonds is 1. The molecule has 0 amide bonds. The fraction of sp³-hybridized carbons (Fsp3) is 0.767.